The number of carbonyl (C=O) groups excluding carboxylic acids is 1. The zero-order valence-electron chi connectivity index (χ0n) is 13.2. The molecule has 23 heavy (non-hydrogen) atoms. The fraction of sp³-hybridized carbons (Fsp3) is 0.353. The number of nitrogens with zero attached hydrogens (tertiary/aromatic N) is 1. The second-order valence-corrected chi connectivity index (χ2v) is 6.13. The molecule has 1 unspecified atom stereocenters. The number of thiophene rings is 1. The molecule has 0 saturated heterocycles. The first kappa shape index (κ1) is 17.1. The van der Waals surface area contributed by atoms with Gasteiger partial charge in [-0.2, -0.15) is 11.3 Å². The van der Waals surface area contributed by atoms with E-state index in [4.69, 9.17) is 0 Å². The summed E-state index contributed by atoms with van der Waals surface area (Å²) in [6.45, 7) is 3.74. The fourth-order valence-electron chi connectivity index (χ4n) is 2.27. The molecule has 0 aliphatic carbocycles. The van der Waals surface area contributed by atoms with Crippen LogP contribution in [-0.4, -0.2) is 28.0 Å². The van der Waals surface area contributed by atoms with Crippen molar-refractivity contribution < 1.29 is 14.7 Å². The molecule has 0 radical (unpaired) electrons. The Kier molecular flexibility index (Phi) is 5.87. The minimum absolute atomic E-state index is 0.393. The van der Waals surface area contributed by atoms with Gasteiger partial charge in [0.25, 0.3) is 5.91 Å². The van der Waals surface area contributed by atoms with Gasteiger partial charge in [-0.1, -0.05) is 19.8 Å². The monoisotopic (exact) mass is 332 g/mol. The Balaban J connectivity index is 2.14. The summed E-state index contributed by atoms with van der Waals surface area (Å²) in [5.74, 6) is -1.40. The molecule has 2 N–H and O–H groups in total. The number of hydrogen-bond donors (Lipinski definition) is 2. The first-order valence-corrected chi connectivity index (χ1v) is 8.51. The van der Waals surface area contributed by atoms with Crippen molar-refractivity contribution in [2.45, 2.75) is 39.2 Å². The summed E-state index contributed by atoms with van der Waals surface area (Å²) in [7, 11) is 0. The fourth-order valence-corrected chi connectivity index (χ4v) is 2.92. The molecule has 0 aromatic carbocycles. The van der Waals surface area contributed by atoms with Gasteiger partial charge in [0.1, 0.15) is 6.04 Å². The SMILES string of the molecule is CCCCC(NC(=O)c1ccc(-c2ccsc2)nc1C)C(=O)O. The van der Waals surface area contributed by atoms with E-state index in [1.807, 2.05) is 23.8 Å². The summed E-state index contributed by atoms with van der Waals surface area (Å²) >= 11 is 1.59. The Labute approximate surface area is 139 Å². The van der Waals surface area contributed by atoms with Crippen molar-refractivity contribution in [1.82, 2.24) is 10.3 Å². The molecule has 0 bridgehead atoms. The number of carboxylic acid groups (broad SMARTS) is 1. The summed E-state index contributed by atoms with van der Waals surface area (Å²) < 4.78 is 0. The highest BCUT2D eigenvalue weighted by atomic mass is 32.1. The molecule has 2 heterocycles. The van der Waals surface area contributed by atoms with Crippen LogP contribution in [0.25, 0.3) is 11.3 Å². The molecule has 2 aromatic heterocycles. The third-order valence-electron chi connectivity index (χ3n) is 3.60. The van der Waals surface area contributed by atoms with Gasteiger partial charge >= 0.3 is 5.97 Å². The summed E-state index contributed by atoms with van der Waals surface area (Å²) in [6, 6.07) is 4.59. The number of aryl methyl sites for hydroxylation is 1. The average molecular weight is 332 g/mol. The van der Waals surface area contributed by atoms with E-state index in [0.29, 0.717) is 17.7 Å². The van der Waals surface area contributed by atoms with E-state index in [1.165, 1.54) is 0 Å². The van der Waals surface area contributed by atoms with Crippen LogP contribution in [-0.2, 0) is 4.79 Å². The number of amides is 1. The standard InChI is InChI=1S/C17H20N2O3S/c1-3-4-5-15(17(21)22)19-16(20)13-6-7-14(18-11(13)2)12-8-9-23-10-12/h6-10,15H,3-5H2,1-2H3,(H,19,20)(H,21,22). The number of aromatic nitrogens is 1. The maximum Gasteiger partial charge on any atom is 0.326 e. The molecule has 0 spiro atoms. The Hall–Kier alpha value is -2.21. The zero-order valence-corrected chi connectivity index (χ0v) is 14.0. The van der Waals surface area contributed by atoms with Crippen molar-refractivity contribution in [2.75, 3.05) is 0 Å². The van der Waals surface area contributed by atoms with Crippen molar-refractivity contribution >= 4 is 23.2 Å². The predicted octanol–water partition coefficient (Wildman–Crippen LogP) is 3.49. The third-order valence-corrected chi connectivity index (χ3v) is 4.28. The second-order valence-electron chi connectivity index (χ2n) is 5.35. The van der Waals surface area contributed by atoms with Crippen LogP contribution in [0.3, 0.4) is 0 Å². The summed E-state index contributed by atoms with van der Waals surface area (Å²) in [5.41, 5.74) is 2.81. The van der Waals surface area contributed by atoms with Crippen LogP contribution in [0.4, 0.5) is 0 Å². The summed E-state index contributed by atoms with van der Waals surface area (Å²) in [6.07, 6.45) is 2.07. The lowest BCUT2D eigenvalue weighted by atomic mass is 10.1. The van der Waals surface area contributed by atoms with Crippen LogP contribution in [0.5, 0.6) is 0 Å². The topological polar surface area (TPSA) is 79.3 Å². The minimum Gasteiger partial charge on any atom is -0.480 e. The van der Waals surface area contributed by atoms with Gasteiger partial charge in [0.15, 0.2) is 0 Å². The molecule has 2 aromatic rings. The molecule has 1 amide bonds. The van der Waals surface area contributed by atoms with E-state index >= 15 is 0 Å². The van der Waals surface area contributed by atoms with Gasteiger partial charge in [-0.05, 0) is 36.9 Å². The molecule has 0 aliphatic rings. The summed E-state index contributed by atoms with van der Waals surface area (Å²) in [5, 5.41) is 15.8. The molecular formula is C17H20N2O3S. The number of aliphatic carboxylic acids is 1. The zero-order chi connectivity index (χ0) is 16.8. The minimum atomic E-state index is -1.01. The Morgan fingerprint density at radius 1 is 1.35 bits per heavy atom. The van der Waals surface area contributed by atoms with Gasteiger partial charge in [0, 0.05) is 10.9 Å². The maximum atomic E-state index is 12.3. The van der Waals surface area contributed by atoms with Gasteiger partial charge in [0.2, 0.25) is 0 Å². The number of unbranched alkanes of at least 4 members (excludes halogenated alkanes) is 1. The second kappa shape index (κ2) is 7.87. The first-order valence-electron chi connectivity index (χ1n) is 7.56. The maximum absolute atomic E-state index is 12.3. The largest absolute Gasteiger partial charge is 0.480 e. The van der Waals surface area contributed by atoms with Crippen LogP contribution in [0.2, 0.25) is 0 Å². The molecule has 0 aliphatic heterocycles. The van der Waals surface area contributed by atoms with Gasteiger partial charge in [0.05, 0.1) is 17.0 Å². The van der Waals surface area contributed by atoms with E-state index in [1.54, 1.807) is 30.4 Å². The normalized spacial score (nSPS) is 11.9. The number of carboxylic acids is 1. The Morgan fingerprint density at radius 3 is 2.70 bits per heavy atom. The summed E-state index contributed by atoms with van der Waals surface area (Å²) in [4.78, 5) is 28.0. The Bertz CT molecular complexity index is 683. The number of rotatable bonds is 7. The molecule has 5 nitrogen and oxygen atoms in total. The molecule has 122 valence electrons. The van der Waals surface area contributed by atoms with Crippen LogP contribution in [0.15, 0.2) is 29.0 Å². The molecular weight excluding hydrogens is 312 g/mol. The van der Waals surface area contributed by atoms with Crippen LogP contribution >= 0.6 is 11.3 Å². The van der Waals surface area contributed by atoms with Crippen molar-refractivity contribution in [1.29, 1.82) is 0 Å². The van der Waals surface area contributed by atoms with Crippen LogP contribution in [0, 0.1) is 6.92 Å². The number of carbonyl (C=O) groups is 2. The first-order chi connectivity index (χ1) is 11.0. The lowest BCUT2D eigenvalue weighted by Crippen LogP contribution is -2.41. The lowest BCUT2D eigenvalue weighted by molar-refractivity contribution is -0.139. The molecule has 6 heteroatoms. The number of pyridine rings is 1. The third kappa shape index (κ3) is 4.39. The van der Waals surface area contributed by atoms with Gasteiger partial charge in [-0.15, -0.1) is 0 Å². The van der Waals surface area contributed by atoms with E-state index in [-0.39, 0.29) is 0 Å². The number of hydrogen-bond acceptors (Lipinski definition) is 4. The average Bonchev–Trinajstić information content (AvgIpc) is 3.05. The quantitative estimate of drug-likeness (QED) is 0.813. The van der Waals surface area contributed by atoms with Gasteiger partial charge in [-0.25, -0.2) is 4.79 Å². The van der Waals surface area contributed by atoms with Crippen LogP contribution < -0.4 is 5.32 Å². The highest BCUT2D eigenvalue weighted by Crippen LogP contribution is 2.21. The van der Waals surface area contributed by atoms with Gasteiger partial charge < -0.3 is 10.4 Å². The van der Waals surface area contributed by atoms with Crippen LogP contribution in [0.1, 0.15) is 42.2 Å². The van der Waals surface area contributed by atoms with Crippen molar-refractivity contribution in [3.8, 4) is 11.3 Å². The Morgan fingerprint density at radius 2 is 2.13 bits per heavy atom. The van der Waals surface area contributed by atoms with Gasteiger partial charge in [-0.3, -0.25) is 9.78 Å². The number of nitrogens with one attached hydrogen (secondary N) is 1. The lowest BCUT2D eigenvalue weighted by Gasteiger charge is -2.15. The molecule has 1 atom stereocenters. The predicted molar refractivity (Wildman–Crippen MR) is 90.7 cm³/mol. The van der Waals surface area contributed by atoms with Crippen molar-refractivity contribution in [2.24, 2.45) is 0 Å². The highest BCUT2D eigenvalue weighted by molar-refractivity contribution is 7.08. The van der Waals surface area contributed by atoms with E-state index < -0.39 is 17.9 Å². The van der Waals surface area contributed by atoms with E-state index in [0.717, 1.165) is 24.1 Å². The van der Waals surface area contributed by atoms with E-state index in [2.05, 4.69) is 10.3 Å². The highest BCUT2D eigenvalue weighted by Gasteiger charge is 2.21. The molecule has 2 rings (SSSR count). The molecule has 0 fully saturated rings. The van der Waals surface area contributed by atoms with Crippen molar-refractivity contribution in [3.63, 3.8) is 0 Å². The van der Waals surface area contributed by atoms with Crippen molar-refractivity contribution in [3.05, 3.63) is 40.2 Å². The van der Waals surface area contributed by atoms with E-state index in [9.17, 15) is 14.7 Å². The molecule has 0 saturated carbocycles. The smallest absolute Gasteiger partial charge is 0.326 e.